The Morgan fingerprint density at radius 2 is 2.29 bits per heavy atom. The molecule has 0 aliphatic heterocycles. The summed E-state index contributed by atoms with van der Waals surface area (Å²) in [7, 11) is 0. The van der Waals surface area contributed by atoms with E-state index < -0.39 is 0 Å². The van der Waals surface area contributed by atoms with Gasteiger partial charge < -0.3 is 10.6 Å². The Bertz CT molecular complexity index is 456. The lowest BCUT2D eigenvalue weighted by Gasteiger charge is -2.06. The summed E-state index contributed by atoms with van der Waals surface area (Å²) < 4.78 is 0. The molecular formula is C12H13N3OS. The summed E-state index contributed by atoms with van der Waals surface area (Å²) in [4.78, 5) is 16.7. The number of nitrogens with one attached hydrogen (secondary N) is 2. The molecule has 0 radical (unpaired) electrons. The second-order valence-corrected chi connectivity index (χ2v) is 4.48. The molecule has 0 atom stereocenters. The van der Waals surface area contributed by atoms with Gasteiger partial charge in [0.2, 0.25) is 0 Å². The molecule has 5 heteroatoms. The van der Waals surface area contributed by atoms with Crippen molar-refractivity contribution in [3.63, 3.8) is 0 Å². The molecule has 2 N–H and O–H groups in total. The molecule has 2 heterocycles. The van der Waals surface area contributed by atoms with E-state index in [1.165, 1.54) is 4.88 Å². The van der Waals surface area contributed by atoms with Crippen LogP contribution in [0.3, 0.4) is 0 Å². The molecule has 2 rings (SSSR count). The Kier molecular flexibility index (Phi) is 4.10. The fourth-order valence-corrected chi connectivity index (χ4v) is 2.08. The minimum Gasteiger partial charge on any atom is -0.338 e. The Hall–Kier alpha value is -1.88. The highest BCUT2D eigenvalue weighted by atomic mass is 32.1. The van der Waals surface area contributed by atoms with Crippen molar-refractivity contribution in [2.75, 3.05) is 11.9 Å². The molecule has 0 aliphatic carbocycles. The lowest BCUT2D eigenvalue weighted by molar-refractivity contribution is 0.252. The van der Waals surface area contributed by atoms with Gasteiger partial charge >= 0.3 is 6.03 Å². The van der Waals surface area contributed by atoms with E-state index in [0.717, 1.165) is 6.42 Å². The summed E-state index contributed by atoms with van der Waals surface area (Å²) in [6.07, 6.45) is 4.14. The Morgan fingerprint density at radius 3 is 3.00 bits per heavy atom. The third kappa shape index (κ3) is 3.88. The Morgan fingerprint density at radius 1 is 1.35 bits per heavy atom. The number of carbonyl (C=O) groups is 1. The van der Waals surface area contributed by atoms with E-state index in [9.17, 15) is 4.79 Å². The average Bonchev–Trinajstić information content (AvgIpc) is 2.83. The lowest BCUT2D eigenvalue weighted by atomic mass is 10.3. The minimum absolute atomic E-state index is 0.199. The third-order valence-corrected chi connectivity index (χ3v) is 3.09. The summed E-state index contributed by atoms with van der Waals surface area (Å²) in [5.74, 6) is 0. The molecule has 2 aromatic rings. The molecule has 0 saturated carbocycles. The van der Waals surface area contributed by atoms with Crippen molar-refractivity contribution >= 4 is 23.1 Å². The van der Waals surface area contributed by atoms with Crippen molar-refractivity contribution in [1.29, 1.82) is 0 Å². The topological polar surface area (TPSA) is 54.0 Å². The van der Waals surface area contributed by atoms with Gasteiger partial charge in [0.15, 0.2) is 0 Å². The van der Waals surface area contributed by atoms with E-state index in [4.69, 9.17) is 0 Å². The van der Waals surface area contributed by atoms with Crippen LogP contribution in [0.1, 0.15) is 4.88 Å². The first-order valence-corrected chi connectivity index (χ1v) is 6.20. The minimum atomic E-state index is -0.199. The molecule has 0 bridgehead atoms. The van der Waals surface area contributed by atoms with Crippen LogP contribution in [0.4, 0.5) is 10.5 Å². The van der Waals surface area contributed by atoms with Crippen LogP contribution in [-0.2, 0) is 6.42 Å². The smallest absolute Gasteiger partial charge is 0.319 e. The molecular weight excluding hydrogens is 234 g/mol. The van der Waals surface area contributed by atoms with E-state index in [1.54, 1.807) is 35.9 Å². The second-order valence-electron chi connectivity index (χ2n) is 3.45. The van der Waals surface area contributed by atoms with Crippen molar-refractivity contribution in [2.45, 2.75) is 6.42 Å². The molecule has 0 unspecified atom stereocenters. The molecule has 0 fully saturated rings. The number of pyridine rings is 1. The van der Waals surface area contributed by atoms with Gasteiger partial charge in [-0.3, -0.25) is 4.98 Å². The Balaban J connectivity index is 1.71. The number of hydrogen-bond acceptors (Lipinski definition) is 3. The van der Waals surface area contributed by atoms with Crippen molar-refractivity contribution < 1.29 is 4.79 Å². The van der Waals surface area contributed by atoms with Gasteiger partial charge in [-0.2, -0.15) is 0 Å². The first kappa shape index (κ1) is 11.6. The SMILES string of the molecule is O=C(NCCc1cccs1)Nc1cccnc1. The number of carbonyl (C=O) groups excluding carboxylic acids is 1. The van der Waals surface area contributed by atoms with Crippen LogP contribution in [0.5, 0.6) is 0 Å². The van der Waals surface area contributed by atoms with Gasteiger partial charge in [-0.25, -0.2) is 4.79 Å². The number of amides is 2. The van der Waals surface area contributed by atoms with Crippen LogP contribution in [0.25, 0.3) is 0 Å². The van der Waals surface area contributed by atoms with Gasteiger partial charge in [0.1, 0.15) is 0 Å². The quantitative estimate of drug-likeness (QED) is 0.872. The van der Waals surface area contributed by atoms with Crippen LogP contribution in [0, 0.1) is 0 Å². The van der Waals surface area contributed by atoms with Crippen molar-refractivity contribution in [2.24, 2.45) is 0 Å². The third-order valence-electron chi connectivity index (χ3n) is 2.16. The molecule has 4 nitrogen and oxygen atoms in total. The summed E-state index contributed by atoms with van der Waals surface area (Å²) in [5.41, 5.74) is 0.695. The van der Waals surface area contributed by atoms with Gasteiger partial charge in [-0.05, 0) is 30.0 Å². The zero-order valence-electron chi connectivity index (χ0n) is 9.22. The number of anilines is 1. The van der Waals surface area contributed by atoms with Crippen LogP contribution in [0.15, 0.2) is 42.0 Å². The monoisotopic (exact) mass is 247 g/mol. The normalized spacial score (nSPS) is 9.88. The van der Waals surface area contributed by atoms with Crippen LogP contribution >= 0.6 is 11.3 Å². The molecule has 2 aromatic heterocycles. The van der Waals surface area contributed by atoms with Crippen molar-refractivity contribution in [3.05, 3.63) is 46.9 Å². The first-order valence-electron chi connectivity index (χ1n) is 5.32. The first-order chi connectivity index (χ1) is 8.34. The van der Waals surface area contributed by atoms with Gasteiger partial charge in [0.05, 0.1) is 11.9 Å². The van der Waals surface area contributed by atoms with E-state index in [2.05, 4.69) is 21.7 Å². The summed E-state index contributed by atoms with van der Waals surface area (Å²) >= 11 is 1.70. The van der Waals surface area contributed by atoms with E-state index in [-0.39, 0.29) is 6.03 Å². The summed E-state index contributed by atoms with van der Waals surface area (Å²) in [5, 5.41) is 7.54. The largest absolute Gasteiger partial charge is 0.338 e. The predicted octanol–water partition coefficient (Wildman–Crippen LogP) is 2.51. The standard InChI is InChI=1S/C12H13N3OS/c16-12(15-10-3-1-6-13-9-10)14-7-5-11-4-2-8-17-11/h1-4,6,8-9H,5,7H2,(H2,14,15,16). The van der Waals surface area contributed by atoms with Crippen LogP contribution in [-0.4, -0.2) is 17.6 Å². The fraction of sp³-hybridized carbons (Fsp3) is 0.167. The number of nitrogens with zero attached hydrogens (tertiary/aromatic N) is 1. The summed E-state index contributed by atoms with van der Waals surface area (Å²) in [6, 6.07) is 7.45. The molecule has 0 aliphatic rings. The average molecular weight is 247 g/mol. The zero-order chi connectivity index (χ0) is 11.9. The van der Waals surface area contributed by atoms with E-state index >= 15 is 0 Å². The van der Waals surface area contributed by atoms with Crippen LogP contribution in [0.2, 0.25) is 0 Å². The van der Waals surface area contributed by atoms with E-state index in [1.807, 2.05) is 11.4 Å². The zero-order valence-corrected chi connectivity index (χ0v) is 10.0. The predicted molar refractivity (Wildman–Crippen MR) is 69.3 cm³/mol. The van der Waals surface area contributed by atoms with Crippen molar-refractivity contribution in [3.8, 4) is 0 Å². The molecule has 88 valence electrons. The highest BCUT2D eigenvalue weighted by Crippen LogP contribution is 2.08. The number of rotatable bonds is 4. The van der Waals surface area contributed by atoms with Gasteiger partial charge in [-0.15, -0.1) is 11.3 Å². The number of aromatic nitrogens is 1. The molecule has 0 aromatic carbocycles. The van der Waals surface area contributed by atoms with Crippen molar-refractivity contribution in [1.82, 2.24) is 10.3 Å². The maximum absolute atomic E-state index is 11.5. The maximum atomic E-state index is 11.5. The Labute approximate surface area is 104 Å². The van der Waals surface area contributed by atoms with Crippen LogP contribution < -0.4 is 10.6 Å². The number of hydrogen-bond donors (Lipinski definition) is 2. The maximum Gasteiger partial charge on any atom is 0.319 e. The van der Waals surface area contributed by atoms with Gasteiger partial charge in [-0.1, -0.05) is 6.07 Å². The number of thiophene rings is 1. The second kappa shape index (κ2) is 6.00. The molecule has 0 spiro atoms. The number of urea groups is 1. The summed E-state index contributed by atoms with van der Waals surface area (Å²) in [6.45, 7) is 0.632. The molecule has 17 heavy (non-hydrogen) atoms. The highest BCUT2D eigenvalue weighted by Gasteiger charge is 2.00. The lowest BCUT2D eigenvalue weighted by Crippen LogP contribution is -2.30. The molecule has 0 saturated heterocycles. The molecule has 2 amide bonds. The van der Waals surface area contributed by atoms with Gasteiger partial charge in [0.25, 0.3) is 0 Å². The highest BCUT2D eigenvalue weighted by molar-refractivity contribution is 7.09. The van der Waals surface area contributed by atoms with E-state index in [0.29, 0.717) is 12.2 Å². The fourth-order valence-electron chi connectivity index (χ4n) is 1.37. The van der Waals surface area contributed by atoms with Gasteiger partial charge in [0, 0.05) is 17.6 Å².